The summed E-state index contributed by atoms with van der Waals surface area (Å²) in [6.07, 6.45) is -2.55. The average Bonchev–Trinajstić information content (AvgIpc) is 2.50. The number of nitrogens with one attached hydrogen (secondary N) is 2. The van der Waals surface area contributed by atoms with Crippen LogP contribution in [0.1, 0.15) is 10.4 Å². The zero-order valence-electron chi connectivity index (χ0n) is 9.42. The van der Waals surface area contributed by atoms with E-state index in [-0.39, 0.29) is 101 Å². The number of alkyl halides is 2. The van der Waals surface area contributed by atoms with Gasteiger partial charge in [-0.25, -0.2) is 0 Å². The molecule has 97 valence electrons. The zero-order chi connectivity index (χ0) is 12.6. The van der Waals surface area contributed by atoms with E-state index in [0.29, 0.717) is 0 Å². The van der Waals surface area contributed by atoms with Crippen molar-refractivity contribution in [3.05, 3.63) is 23.4 Å². The number of halogens is 2. The zero-order valence-corrected chi connectivity index (χ0v) is 17.1. The SMILES string of the molecule is [NH-]C(=O)c1cc2c(cc1N[C-]=O)OC(F)(F)O2.[Rb+].[Re]. The van der Waals surface area contributed by atoms with Crippen molar-refractivity contribution in [1.29, 1.82) is 0 Å². The minimum absolute atomic E-state index is 0. The van der Waals surface area contributed by atoms with Gasteiger partial charge in [0.2, 0.25) is 0 Å². The summed E-state index contributed by atoms with van der Waals surface area (Å²) in [4.78, 5) is 21.1. The van der Waals surface area contributed by atoms with Crippen LogP contribution in [0.15, 0.2) is 12.1 Å². The first-order valence-corrected chi connectivity index (χ1v) is 4.26. The molecule has 0 saturated heterocycles. The van der Waals surface area contributed by atoms with Crippen molar-refractivity contribution < 1.29 is 106 Å². The molecule has 0 aromatic heterocycles. The standard InChI is InChI=1S/C9H5F2N2O4.Rb.Re/c10-9(11)16-6-1-4(8(12)15)5(13-3-14)2-7(6)17-9;;/h1-2H,(H3,12,13,14,15);;/q-1;+1;/p-1. The Hall–Kier alpha value is 0.0875. The van der Waals surface area contributed by atoms with Crippen LogP contribution in [0.4, 0.5) is 14.5 Å². The molecular formula is C9H4F2N2O4RbRe-. The number of carbonyl (C=O) groups excluding carboxylic acids is 2. The van der Waals surface area contributed by atoms with Crippen molar-refractivity contribution in [2.24, 2.45) is 0 Å². The molecule has 0 atom stereocenters. The molecule has 2 N–H and O–H groups in total. The molecule has 1 radical (unpaired) electrons. The Bertz CT molecular complexity index is 515. The van der Waals surface area contributed by atoms with Crippen LogP contribution in [-0.4, -0.2) is 18.6 Å². The van der Waals surface area contributed by atoms with E-state index in [9.17, 15) is 18.4 Å². The van der Waals surface area contributed by atoms with Crippen molar-refractivity contribution in [1.82, 2.24) is 0 Å². The summed E-state index contributed by atoms with van der Waals surface area (Å²) in [6.45, 7) is 0. The molecule has 1 aliphatic rings. The number of anilines is 1. The molecule has 0 bridgehead atoms. The Balaban J connectivity index is 0.00000162. The van der Waals surface area contributed by atoms with Crippen LogP contribution in [0.25, 0.3) is 5.73 Å². The van der Waals surface area contributed by atoms with E-state index in [1.165, 1.54) is 6.41 Å². The fraction of sp³-hybridized carbons (Fsp3) is 0.111. The molecule has 19 heavy (non-hydrogen) atoms. The van der Waals surface area contributed by atoms with E-state index in [1.807, 2.05) is 5.32 Å². The Labute approximate surface area is 168 Å². The minimum atomic E-state index is -3.83. The van der Waals surface area contributed by atoms with Gasteiger partial charge in [0.1, 0.15) is 0 Å². The number of hydrogen-bond acceptors (Lipinski definition) is 4. The third-order valence-electron chi connectivity index (χ3n) is 1.97. The van der Waals surface area contributed by atoms with Crippen LogP contribution in [0.5, 0.6) is 11.5 Å². The van der Waals surface area contributed by atoms with E-state index in [4.69, 9.17) is 5.73 Å². The number of amides is 2. The van der Waals surface area contributed by atoms with Gasteiger partial charge in [0, 0.05) is 20.4 Å². The predicted molar refractivity (Wildman–Crippen MR) is 50.6 cm³/mol. The second-order valence-electron chi connectivity index (χ2n) is 3.07. The molecule has 1 aromatic carbocycles. The van der Waals surface area contributed by atoms with E-state index >= 15 is 0 Å². The monoisotopic (exact) mass is 514 g/mol. The second-order valence-corrected chi connectivity index (χ2v) is 3.07. The summed E-state index contributed by atoms with van der Waals surface area (Å²) in [5.74, 6) is -1.87. The molecule has 1 aliphatic heterocycles. The molecule has 0 unspecified atom stereocenters. The number of rotatable bonds is 3. The van der Waals surface area contributed by atoms with Crippen LogP contribution in [0, 0.1) is 0 Å². The fourth-order valence-electron chi connectivity index (χ4n) is 1.34. The summed E-state index contributed by atoms with van der Waals surface area (Å²) >= 11 is 0. The van der Waals surface area contributed by atoms with Crippen molar-refractivity contribution in [3.63, 3.8) is 0 Å². The Morgan fingerprint density at radius 3 is 2.32 bits per heavy atom. The number of fused-ring (bicyclic) bond motifs is 1. The van der Waals surface area contributed by atoms with E-state index < -0.39 is 12.2 Å². The maximum Gasteiger partial charge on any atom is 1.00 e. The largest absolute Gasteiger partial charge is 1.00 e. The number of ether oxygens (including phenoxy) is 2. The van der Waals surface area contributed by atoms with Crippen molar-refractivity contribution in [3.8, 4) is 11.5 Å². The van der Waals surface area contributed by atoms with Crippen LogP contribution >= 0.6 is 0 Å². The Morgan fingerprint density at radius 2 is 1.84 bits per heavy atom. The Kier molecular flexibility index (Phi) is 7.23. The minimum Gasteiger partial charge on any atom is -0.665 e. The average molecular weight is 514 g/mol. The van der Waals surface area contributed by atoms with Gasteiger partial charge in [-0.05, 0) is 6.07 Å². The molecule has 0 fully saturated rings. The predicted octanol–water partition coefficient (Wildman–Crippen LogP) is -1.32. The maximum absolute atomic E-state index is 12.7. The molecule has 10 heteroatoms. The normalized spacial score (nSPS) is 13.8. The molecule has 2 amide bonds. The topological polar surface area (TPSA) is 88.4 Å². The smallest absolute Gasteiger partial charge is 0.665 e. The first-order valence-electron chi connectivity index (χ1n) is 4.26. The number of benzene rings is 1. The van der Waals surface area contributed by atoms with E-state index in [1.54, 1.807) is 0 Å². The van der Waals surface area contributed by atoms with Gasteiger partial charge in [-0.3, -0.25) is 0 Å². The van der Waals surface area contributed by atoms with Gasteiger partial charge < -0.3 is 30.1 Å². The van der Waals surface area contributed by atoms with E-state index in [0.717, 1.165) is 12.1 Å². The van der Waals surface area contributed by atoms with Gasteiger partial charge in [0.05, 0.1) is 12.3 Å². The fourth-order valence-corrected chi connectivity index (χ4v) is 1.34. The van der Waals surface area contributed by atoms with Crippen LogP contribution < -0.4 is 73.0 Å². The van der Waals surface area contributed by atoms with Crippen molar-refractivity contribution >= 4 is 18.0 Å². The molecule has 0 aliphatic carbocycles. The summed E-state index contributed by atoms with van der Waals surface area (Å²) < 4.78 is 33.6. The van der Waals surface area contributed by atoms with Crippen LogP contribution in [0.2, 0.25) is 0 Å². The first-order chi connectivity index (χ1) is 7.93. The van der Waals surface area contributed by atoms with Gasteiger partial charge in [-0.1, -0.05) is 17.3 Å². The summed E-state index contributed by atoms with van der Waals surface area (Å²) in [6, 6.07) is 1.86. The molecule has 2 rings (SSSR count). The second kappa shape index (κ2) is 7.20. The Morgan fingerprint density at radius 1 is 1.32 bits per heavy atom. The van der Waals surface area contributed by atoms with Crippen molar-refractivity contribution in [2.75, 3.05) is 5.32 Å². The first kappa shape index (κ1) is 19.1. The molecule has 0 spiro atoms. The van der Waals surface area contributed by atoms with Gasteiger partial charge >= 0.3 is 64.5 Å². The molecule has 1 aromatic rings. The van der Waals surface area contributed by atoms with Gasteiger partial charge in [0.15, 0.2) is 11.5 Å². The van der Waals surface area contributed by atoms with Gasteiger partial charge in [-0.2, -0.15) is 0 Å². The summed E-state index contributed by atoms with van der Waals surface area (Å²) in [5.41, 5.74) is 6.46. The van der Waals surface area contributed by atoms with E-state index in [2.05, 4.69) is 9.47 Å². The van der Waals surface area contributed by atoms with Crippen molar-refractivity contribution in [2.45, 2.75) is 6.29 Å². The number of carbonyl (C=O) groups is 1. The molecule has 1 heterocycles. The molecule has 0 saturated carbocycles. The summed E-state index contributed by atoms with van der Waals surface area (Å²) in [7, 11) is 0. The molecular weight excluding hydrogens is 510 g/mol. The third kappa shape index (κ3) is 4.28. The summed E-state index contributed by atoms with van der Waals surface area (Å²) in [5, 5.41) is 1.99. The van der Waals surface area contributed by atoms with Crippen LogP contribution in [-0.2, 0) is 25.2 Å². The molecule has 6 nitrogen and oxygen atoms in total. The van der Waals surface area contributed by atoms with Gasteiger partial charge in [-0.15, -0.1) is 8.78 Å². The van der Waals surface area contributed by atoms with Crippen LogP contribution in [0.3, 0.4) is 0 Å². The van der Waals surface area contributed by atoms with Gasteiger partial charge in [0.25, 0.3) is 0 Å². The number of hydrogen-bond donors (Lipinski definition) is 1. The maximum atomic E-state index is 12.7. The quantitative estimate of drug-likeness (QED) is 0.401. The third-order valence-corrected chi connectivity index (χ3v) is 1.97.